The molecular weight excluding hydrogens is 340 g/mol. The SMILES string of the molecule is COC(=O)CCCC(=O)C=CC=CC=CC(=O)CCCc1ccc(C)cc1. The van der Waals surface area contributed by atoms with Crippen LogP contribution in [0.2, 0.25) is 0 Å². The topological polar surface area (TPSA) is 60.4 Å². The number of carbonyl (C=O) groups is 3. The van der Waals surface area contributed by atoms with Crippen molar-refractivity contribution in [2.75, 3.05) is 7.11 Å². The Bertz CT molecular complexity index is 694. The van der Waals surface area contributed by atoms with E-state index in [1.165, 1.54) is 24.3 Å². The zero-order valence-corrected chi connectivity index (χ0v) is 16.1. The average molecular weight is 368 g/mol. The van der Waals surface area contributed by atoms with Gasteiger partial charge in [0.1, 0.15) is 0 Å². The van der Waals surface area contributed by atoms with Crippen LogP contribution in [0.5, 0.6) is 0 Å². The maximum absolute atomic E-state index is 11.8. The van der Waals surface area contributed by atoms with Crippen molar-refractivity contribution in [1.82, 2.24) is 0 Å². The second-order valence-corrected chi connectivity index (χ2v) is 6.30. The van der Waals surface area contributed by atoms with Gasteiger partial charge in [-0.2, -0.15) is 0 Å². The van der Waals surface area contributed by atoms with E-state index in [1.807, 2.05) is 0 Å². The molecule has 0 aliphatic carbocycles. The highest BCUT2D eigenvalue weighted by Gasteiger charge is 2.02. The maximum atomic E-state index is 11.8. The average Bonchev–Trinajstić information content (AvgIpc) is 2.66. The first-order chi connectivity index (χ1) is 13.0. The van der Waals surface area contributed by atoms with Crippen LogP contribution in [0.1, 0.15) is 43.2 Å². The van der Waals surface area contributed by atoms with Gasteiger partial charge in [0.2, 0.25) is 0 Å². The molecule has 27 heavy (non-hydrogen) atoms. The van der Waals surface area contributed by atoms with Gasteiger partial charge in [0.25, 0.3) is 0 Å². The quantitative estimate of drug-likeness (QED) is 0.310. The number of carbonyl (C=O) groups excluding carboxylic acids is 3. The van der Waals surface area contributed by atoms with Crippen LogP contribution < -0.4 is 0 Å². The molecule has 0 fully saturated rings. The molecule has 0 unspecified atom stereocenters. The van der Waals surface area contributed by atoms with Crippen LogP contribution in [-0.4, -0.2) is 24.6 Å². The van der Waals surface area contributed by atoms with Crippen LogP contribution in [-0.2, 0) is 25.5 Å². The standard InChI is InChI=1S/C23H28O4/c1-19-15-17-20(18-16-19)9-7-12-21(24)10-5-3-4-6-11-22(25)13-8-14-23(26)27-2/h3-6,10-11,15-18H,7-9,12-14H2,1-2H3. The van der Waals surface area contributed by atoms with Crippen molar-refractivity contribution in [3.63, 3.8) is 0 Å². The van der Waals surface area contributed by atoms with Gasteiger partial charge >= 0.3 is 5.97 Å². The van der Waals surface area contributed by atoms with Crippen molar-refractivity contribution in [1.29, 1.82) is 0 Å². The fourth-order valence-electron chi connectivity index (χ4n) is 2.35. The van der Waals surface area contributed by atoms with Crippen LogP contribution in [0, 0.1) is 6.92 Å². The van der Waals surface area contributed by atoms with Gasteiger partial charge in [-0.25, -0.2) is 0 Å². The minimum Gasteiger partial charge on any atom is -0.469 e. The van der Waals surface area contributed by atoms with Gasteiger partial charge in [0, 0.05) is 19.3 Å². The Hall–Kier alpha value is -2.75. The van der Waals surface area contributed by atoms with Crippen LogP contribution in [0.25, 0.3) is 0 Å². The van der Waals surface area contributed by atoms with Crippen LogP contribution >= 0.6 is 0 Å². The Morgan fingerprint density at radius 1 is 0.815 bits per heavy atom. The predicted molar refractivity (Wildman–Crippen MR) is 107 cm³/mol. The lowest BCUT2D eigenvalue weighted by Crippen LogP contribution is -2.01. The Morgan fingerprint density at radius 3 is 1.93 bits per heavy atom. The summed E-state index contributed by atoms with van der Waals surface area (Å²) in [4.78, 5) is 34.3. The maximum Gasteiger partial charge on any atom is 0.305 e. The largest absolute Gasteiger partial charge is 0.469 e. The van der Waals surface area contributed by atoms with E-state index in [9.17, 15) is 14.4 Å². The summed E-state index contributed by atoms with van der Waals surface area (Å²) in [7, 11) is 1.33. The molecular formula is C23H28O4. The summed E-state index contributed by atoms with van der Waals surface area (Å²) in [6, 6.07) is 8.36. The lowest BCUT2D eigenvalue weighted by Gasteiger charge is -2.00. The molecule has 0 saturated carbocycles. The summed E-state index contributed by atoms with van der Waals surface area (Å²) in [5, 5.41) is 0. The third kappa shape index (κ3) is 11.5. The van der Waals surface area contributed by atoms with Gasteiger partial charge in [-0.05, 0) is 43.9 Å². The van der Waals surface area contributed by atoms with E-state index >= 15 is 0 Å². The summed E-state index contributed by atoms with van der Waals surface area (Å²) in [6.07, 6.45) is 13.0. The van der Waals surface area contributed by atoms with Crippen LogP contribution in [0.4, 0.5) is 0 Å². The van der Waals surface area contributed by atoms with E-state index in [4.69, 9.17) is 0 Å². The lowest BCUT2D eigenvalue weighted by molar-refractivity contribution is -0.140. The fourth-order valence-corrected chi connectivity index (χ4v) is 2.35. The number of allylic oxidation sites excluding steroid dienone is 6. The van der Waals surface area contributed by atoms with Crippen molar-refractivity contribution in [2.24, 2.45) is 0 Å². The number of methoxy groups -OCH3 is 1. The van der Waals surface area contributed by atoms with Crippen LogP contribution in [0.3, 0.4) is 0 Å². The number of esters is 1. The van der Waals surface area contributed by atoms with Crippen molar-refractivity contribution >= 4 is 17.5 Å². The zero-order chi connectivity index (χ0) is 19.9. The van der Waals surface area contributed by atoms with Gasteiger partial charge in [0.15, 0.2) is 11.6 Å². The summed E-state index contributed by atoms with van der Waals surface area (Å²) in [6.45, 7) is 2.06. The Kier molecular flexibility index (Phi) is 11.1. The molecule has 0 bridgehead atoms. The molecule has 1 aromatic carbocycles. The lowest BCUT2D eigenvalue weighted by atomic mass is 10.1. The number of aryl methyl sites for hydroxylation is 2. The monoisotopic (exact) mass is 368 g/mol. The Balaban J connectivity index is 2.18. The minimum absolute atomic E-state index is 0.0419. The highest BCUT2D eigenvalue weighted by atomic mass is 16.5. The third-order valence-electron chi connectivity index (χ3n) is 3.94. The van der Waals surface area contributed by atoms with E-state index in [0.717, 1.165) is 12.8 Å². The smallest absolute Gasteiger partial charge is 0.305 e. The van der Waals surface area contributed by atoms with Crippen molar-refractivity contribution < 1.29 is 19.1 Å². The first-order valence-corrected chi connectivity index (χ1v) is 9.20. The summed E-state index contributed by atoms with van der Waals surface area (Å²) in [5.74, 6) is -0.255. The molecule has 0 atom stereocenters. The minimum atomic E-state index is -0.305. The van der Waals surface area contributed by atoms with Crippen molar-refractivity contribution in [3.8, 4) is 0 Å². The molecule has 0 aliphatic heterocycles. The second-order valence-electron chi connectivity index (χ2n) is 6.30. The molecule has 4 heteroatoms. The highest BCUT2D eigenvalue weighted by molar-refractivity contribution is 5.90. The van der Waals surface area contributed by atoms with Gasteiger partial charge < -0.3 is 4.74 Å². The Labute approximate surface area is 161 Å². The highest BCUT2D eigenvalue weighted by Crippen LogP contribution is 2.07. The van der Waals surface area contributed by atoms with Gasteiger partial charge in [0.05, 0.1) is 7.11 Å². The van der Waals surface area contributed by atoms with E-state index in [1.54, 1.807) is 30.4 Å². The van der Waals surface area contributed by atoms with E-state index in [2.05, 4.69) is 35.9 Å². The molecule has 1 aromatic rings. The number of benzene rings is 1. The molecule has 0 spiro atoms. The summed E-state index contributed by atoms with van der Waals surface area (Å²) in [5.41, 5.74) is 2.49. The second kappa shape index (κ2) is 13.5. The van der Waals surface area contributed by atoms with Gasteiger partial charge in [-0.15, -0.1) is 0 Å². The molecule has 144 valence electrons. The van der Waals surface area contributed by atoms with Crippen molar-refractivity contribution in [2.45, 2.75) is 45.4 Å². The molecule has 1 rings (SSSR count). The first kappa shape index (κ1) is 22.3. The number of hydrogen-bond acceptors (Lipinski definition) is 4. The number of hydrogen-bond donors (Lipinski definition) is 0. The van der Waals surface area contributed by atoms with Gasteiger partial charge in [-0.3, -0.25) is 14.4 Å². The molecule has 0 radical (unpaired) electrons. The molecule has 4 nitrogen and oxygen atoms in total. The molecule has 0 amide bonds. The van der Waals surface area contributed by atoms with Crippen LogP contribution in [0.15, 0.2) is 60.7 Å². The van der Waals surface area contributed by atoms with Crippen molar-refractivity contribution in [3.05, 3.63) is 71.8 Å². The third-order valence-corrected chi connectivity index (χ3v) is 3.94. The molecule has 0 aliphatic rings. The first-order valence-electron chi connectivity index (χ1n) is 9.20. The normalized spacial score (nSPS) is 11.5. The van der Waals surface area contributed by atoms with Gasteiger partial charge in [-0.1, -0.05) is 54.1 Å². The molecule has 0 aromatic heterocycles. The fraction of sp³-hybridized carbons (Fsp3) is 0.348. The number of rotatable bonds is 12. The predicted octanol–water partition coefficient (Wildman–Crippen LogP) is 4.47. The Morgan fingerprint density at radius 2 is 1.37 bits per heavy atom. The summed E-state index contributed by atoms with van der Waals surface area (Å²) < 4.78 is 4.51. The molecule has 0 heterocycles. The van der Waals surface area contributed by atoms with E-state index < -0.39 is 0 Å². The summed E-state index contributed by atoms with van der Waals surface area (Å²) >= 11 is 0. The van der Waals surface area contributed by atoms with E-state index in [0.29, 0.717) is 19.3 Å². The molecule has 0 saturated heterocycles. The zero-order valence-electron chi connectivity index (χ0n) is 16.1. The number of ether oxygens (including phenoxy) is 1. The molecule has 0 N–H and O–H groups in total. The van der Waals surface area contributed by atoms with E-state index in [-0.39, 0.29) is 24.0 Å². The number of ketones is 2.